The van der Waals surface area contributed by atoms with E-state index in [9.17, 15) is 19.6 Å². The first-order chi connectivity index (χ1) is 19.6. The molecule has 41 heavy (non-hydrogen) atoms. The van der Waals surface area contributed by atoms with Gasteiger partial charge < -0.3 is 28.3 Å². The Bertz CT molecular complexity index is 1550. The predicted molar refractivity (Wildman–Crippen MR) is 149 cm³/mol. The van der Waals surface area contributed by atoms with Crippen molar-refractivity contribution in [2.24, 2.45) is 0 Å². The van der Waals surface area contributed by atoms with Crippen molar-refractivity contribution in [1.82, 2.24) is 4.57 Å². The quantitative estimate of drug-likeness (QED) is 0.221. The molecule has 2 heterocycles. The van der Waals surface area contributed by atoms with Gasteiger partial charge in [0.15, 0.2) is 24.5 Å². The van der Waals surface area contributed by atoms with Gasteiger partial charge in [-0.25, -0.2) is 0 Å². The van der Waals surface area contributed by atoms with Gasteiger partial charge in [-0.3, -0.25) is 14.4 Å². The molecule has 0 N–H and O–H groups in total. The maximum absolute atomic E-state index is 12.3. The molecule has 4 rings (SSSR count). The van der Waals surface area contributed by atoms with E-state index in [1.54, 1.807) is 29.9 Å². The maximum atomic E-state index is 12.3. The van der Waals surface area contributed by atoms with E-state index in [0.29, 0.717) is 17.0 Å². The van der Waals surface area contributed by atoms with Gasteiger partial charge in [-0.1, -0.05) is 54.7 Å². The van der Waals surface area contributed by atoms with Crippen LogP contribution >= 0.6 is 12.2 Å². The van der Waals surface area contributed by atoms with Gasteiger partial charge in [0.05, 0.1) is 25.0 Å². The van der Waals surface area contributed by atoms with Crippen LogP contribution in [0.2, 0.25) is 0 Å². The van der Waals surface area contributed by atoms with Crippen LogP contribution in [-0.2, 0) is 33.3 Å². The molecule has 0 amide bonds. The van der Waals surface area contributed by atoms with Crippen LogP contribution in [0, 0.1) is 16.0 Å². The summed E-state index contributed by atoms with van der Waals surface area (Å²) in [6.07, 6.45) is -4.69. The first-order valence-electron chi connectivity index (χ1n) is 12.7. The Kier molecular flexibility index (Phi) is 9.17. The monoisotopic (exact) mass is 576 g/mol. The first kappa shape index (κ1) is 29.5. The van der Waals surface area contributed by atoms with Gasteiger partial charge in [-0.05, 0) is 29.3 Å². The summed E-state index contributed by atoms with van der Waals surface area (Å²) in [5.74, 6) is -1.34. The third-order valence-electron chi connectivity index (χ3n) is 6.40. The molecular formula is C30H28N2O8S. The molecule has 11 heteroatoms. The van der Waals surface area contributed by atoms with Gasteiger partial charge in [-0.15, -0.1) is 0 Å². The third kappa shape index (κ3) is 6.45. The van der Waals surface area contributed by atoms with Crippen molar-refractivity contribution in [1.29, 1.82) is 5.26 Å². The van der Waals surface area contributed by atoms with Crippen LogP contribution in [-0.4, -0.2) is 54.5 Å². The van der Waals surface area contributed by atoms with Gasteiger partial charge in [0.2, 0.25) is 0 Å². The molecule has 0 spiro atoms. The van der Waals surface area contributed by atoms with E-state index in [1.807, 2.05) is 42.5 Å². The Morgan fingerprint density at radius 3 is 2.07 bits per heavy atom. The molecule has 0 bridgehead atoms. The zero-order chi connectivity index (χ0) is 29.7. The van der Waals surface area contributed by atoms with Gasteiger partial charge in [0.25, 0.3) is 0 Å². The number of pyridine rings is 1. The lowest BCUT2D eigenvalue weighted by molar-refractivity contribution is -0.239. The van der Waals surface area contributed by atoms with Crippen molar-refractivity contribution < 1.29 is 38.1 Å². The largest absolute Gasteiger partial charge is 0.497 e. The zero-order valence-corrected chi connectivity index (χ0v) is 23.7. The summed E-state index contributed by atoms with van der Waals surface area (Å²) < 4.78 is 29.6. The molecule has 0 radical (unpaired) electrons. The minimum atomic E-state index is -1.28. The zero-order valence-electron chi connectivity index (χ0n) is 22.9. The molecule has 0 saturated carbocycles. The number of ether oxygens (including phenoxy) is 5. The molecule has 10 nitrogen and oxygen atoms in total. The number of hydrogen-bond acceptors (Lipinski definition) is 10. The summed E-state index contributed by atoms with van der Waals surface area (Å²) in [6, 6.07) is 20.5. The van der Waals surface area contributed by atoms with Crippen LogP contribution < -0.4 is 4.74 Å². The van der Waals surface area contributed by atoms with E-state index in [0.717, 1.165) is 11.1 Å². The average molecular weight is 577 g/mol. The van der Waals surface area contributed by atoms with Crippen molar-refractivity contribution in [2.75, 3.05) is 13.7 Å². The lowest BCUT2D eigenvalue weighted by atomic mass is 9.97. The van der Waals surface area contributed by atoms with Crippen molar-refractivity contribution in [3.63, 3.8) is 0 Å². The Morgan fingerprint density at radius 2 is 1.51 bits per heavy atom. The van der Waals surface area contributed by atoms with Crippen LogP contribution in [0.25, 0.3) is 22.4 Å². The molecule has 3 aromatic rings. The van der Waals surface area contributed by atoms with Crippen molar-refractivity contribution >= 4 is 30.1 Å². The number of carbonyl (C=O) groups is 3. The smallest absolute Gasteiger partial charge is 0.303 e. The lowest BCUT2D eigenvalue weighted by Crippen LogP contribution is -2.55. The fraction of sp³-hybridized carbons (Fsp3) is 0.300. The van der Waals surface area contributed by atoms with Crippen molar-refractivity contribution in [2.45, 2.75) is 45.3 Å². The van der Waals surface area contributed by atoms with Crippen LogP contribution in [0.1, 0.15) is 32.6 Å². The fourth-order valence-corrected chi connectivity index (χ4v) is 5.12. The highest BCUT2D eigenvalue weighted by Gasteiger charge is 2.48. The summed E-state index contributed by atoms with van der Waals surface area (Å²) in [6.45, 7) is 3.40. The Labute approximate surface area is 242 Å². The minimum Gasteiger partial charge on any atom is -0.497 e. The first-order valence-corrected chi connectivity index (χ1v) is 13.1. The number of rotatable bonds is 7. The molecule has 1 fully saturated rings. The van der Waals surface area contributed by atoms with Gasteiger partial charge in [0.1, 0.15) is 16.5 Å². The molecule has 1 aliphatic heterocycles. The highest BCUT2D eigenvalue weighted by atomic mass is 32.1. The molecule has 0 aliphatic carbocycles. The lowest BCUT2D eigenvalue weighted by Gasteiger charge is -2.42. The number of nitrogens with zero attached hydrogens (tertiary/aromatic N) is 2. The van der Waals surface area contributed by atoms with Crippen LogP contribution in [0.3, 0.4) is 0 Å². The second-order valence-corrected chi connectivity index (χ2v) is 9.61. The summed E-state index contributed by atoms with van der Waals surface area (Å²) in [5, 5.41) is 10.3. The highest BCUT2D eigenvalue weighted by molar-refractivity contribution is 7.71. The van der Waals surface area contributed by atoms with Crippen molar-refractivity contribution in [3.05, 3.63) is 70.9 Å². The summed E-state index contributed by atoms with van der Waals surface area (Å²) in [7, 11) is 1.56. The minimum absolute atomic E-state index is 0.106. The Hall–Kier alpha value is -4.53. The Morgan fingerprint density at radius 1 is 0.902 bits per heavy atom. The fourth-order valence-electron chi connectivity index (χ4n) is 4.76. The van der Waals surface area contributed by atoms with E-state index < -0.39 is 42.4 Å². The summed E-state index contributed by atoms with van der Waals surface area (Å²) in [4.78, 5) is 36.2. The van der Waals surface area contributed by atoms with Gasteiger partial charge in [0, 0.05) is 26.3 Å². The van der Waals surface area contributed by atoms with Crippen molar-refractivity contribution in [3.8, 4) is 34.2 Å². The summed E-state index contributed by atoms with van der Waals surface area (Å²) in [5.41, 5.74) is 2.77. The second-order valence-electron chi connectivity index (χ2n) is 9.22. The topological polar surface area (TPSA) is 126 Å². The third-order valence-corrected chi connectivity index (χ3v) is 6.80. The molecule has 1 aliphatic rings. The van der Waals surface area contributed by atoms with Gasteiger partial charge in [-0.2, -0.15) is 5.26 Å². The number of carbonyl (C=O) groups excluding carboxylic acids is 3. The second kappa shape index (κ2) is 12.8. The van der Waals surface area contributed by atoms with E-state index in [-0.39, 0.29) is 16.8 Å². The standard InChI is InChI=1S/C30H28N2O8S/c1-17(33)38-26-16-37-29(28(40-19(3)35)27(26)39-18(2)34)32-25(21-8-6-5-7-9-21)14-23(24(15-31)30(32)41)20-10-12-22(36-4)13-11-20/h5-14,26-29H,16H2,1-4H3/t26-,27-,28-,29+/m1/s1. The summed E-state index contributed by atoms with van der Waals surface area (Å²) >= 11 is 5.89. The number of nitriles is 1. The number of methoxy groups -OCH3 is 1. The SMILES string of the molecule is COc1ccc(-c2cc(-c3ccccc3)n([C@H]3OC[C@@H](OC(C)=O)[C@@H](OC(C)=O)[C@H]3OC(C)=O)c(=S)c2C#N)cc1. The molecule has 2 aromatic carbocycles. The van der Waals surface area contributed by atoms with E-state index in [2.05, 4.69) is 6.07 Å². The van der Waals surface area contributed by atoms with E-state index >= 15 is 0 Å². The number of hydrogen-bond donors (Lipinski definition) is 0. The number of benzene rings is 2. The maximum Gasteiger partial charge on any atom is 0.303 e. The van der Waals surface area contributed by atoms with E-state index in [1.165, 1.54) is 20.8 Å². The van der Waals surface area contributed by atoms with Crippen LogP contribution in [0.4, 0.5) is 0 Å². The van der Waals surface area contributed by atoms with Gasteiger partial charge >= 0.3 is 17.9 Å². The molecule has 4 atom stereocenters. The number of esters is 3. The van der Waals surface area contributed by atoms with E-state index in [4.69, 9.17) is 35.9 Å². The van der Waals surface area contributed by atoms with Crippen LogP contribution in [0.15, 0.2) is 60.7 Å². The Balaban J connectivity index is 1.97. The normalized spacial score (nSPS) is 19.9. The molecule has 1 aromatic heterocycles. The molecule has 1 saturated heterocycles. The predicted octanol–water partition coefficient (Wildman–Crippen LogP) is 4.76. The molecule has 0 unspecified atom stereocenters. The molecule has 212 valence electrons. The number of aromatic nitrogens is 1. The average Bonchev–Trinajstić information content (AvgIpc) is 2.94. The molecular weight excluding hydrogens is 548 g/mol. The van der Waals surface area contributed by atoms with Crippen LogP contribution in [0.5, 0.6) is 5.75 Å². The highest BCUT2D eigenvalue weighted by Crippen LogP contribution is 2.38.